The Hall–Kier alpha value is -1.65. The Morgan fingerprint density at radius 2 is 2.00 bits per heavy atom. The Morgan fingerprint density at radius 1 is 1.37 bits per heavy atom. The molecule has 1 aromatic rings. The highest BCUT2D eigenvalue weighted by atomic mass is 16.6. The van der Waals surface area contributed by atoms with Gasteiger partial charge in [0.1, 0.15) is 19.2 Å². The van der Waals surface area contributed by atoms with Gasteiger partial charge >= 0.3 is 6.09 Å². The number of benzene rings is 1. The molecular weight excluding hydrogens is 241 g/mol. The van der Waals surface area contributed by atoms with Gasteiger partial charge in [0.25, 0.3) is 0 Å². The van der Waals surface area contributed by atoms with Crippen molar-refractivity contribution in [3.8, 4) is 5.75 Å². The molecule has 1 aromatic carbocycles. The quantitative estimate of drug-likeness (QED) is 0.841. The molecule has 0 aliphatic heterocycles. The minimum absolute atomic E-state index is 0.135. The Kier molecular flexibility index (Phi) is 4.87. The van der Waals surface area contributed by atoms with E-state index in [1.165, 1.54) is 0 Å². The van der Waals surface area contributed by atoms with Crippen molar-refractivity contribution in [3.05, 3.63) is 23.8 Å². The maximum atomic E-state index is 11.7. The molecular formula is C14H22BNO3. The summed E-state index contributed by atoms with van der Waals surface area (Å²) in [6.07, 6.45) is -0.417. The average Bonchev–Trinajstić information content (AvgIpc) is 2.26. The molecule has 0 heterocycles. The fourth-order valence-corrected chi connectivity index (χ4v) is 1.67. The molecule has 4 nitrogen and oxygen atoms in total. The molecule has 5 heteroatoms. The van der Waals surface area contributed by atoms with Crippen LogP contribution in [0, 0.1) is 0 Å². The summed E-state index contributed by atoms with van der Waals surface area (Å²) in [6.45, 7) is 7.43. The number of methoxy groups -OCH3 is 1. The predicted octanol–water partition coefficient (Wildman–Crippen LogP) is 1.54. The standard InChI is InChI=1S/C14H22BNO3/c1-9(16-13(17)19-14(2,3)4)10-6-7-11(15)12(8-10)18-5/h6-9H,15H2,1-5H3,(H,16,17)/t9-/m1/s1. The van der Waals surface area contributed by atoms with Crippen LogP contribution in [0.1, 0.15) is 39.3 Å². The number of carbonyl (C=O) groups excluding carboxylic acids is 1. The molecule has 1 rings (SSSR count). The third-order valence-electron chi connectivity index (χ3n) is 2.67. The Morgan fingerprint density at radius 3 is 2.53 bits per heavy atom. The van der Waals surface area contributed by atoms with Crippen LogP contribution in [0.15, 0.2) is 18.2 Å². The van der Waals surface area contributed by atoms with Gasteiger partial charge in [-0.25, -0.2) is 4.79 Å². The molecule has 104 valence electrons. The fourth-order valence-electron chi connectivity index (χ4n) is 1.67. The van der Waals surface area contributed by atoms with Gasteiger partial charge in [0, 0.05) is 0 Å². The van der Waals surface area contributed by atoms with E-state index in [4.69, 9.17) is 9.47 Å². The van der Waals surface area contributed by atoms with E-state index in [9.17, 15) is 4.79 Å². The van der Waals surface area contributed by atoms with Gasteiger partial charge in [0.2, 0.25) is 0 Å². The van der Waals surface area contributed by atoms with E-state index in [2.05, 4.69) is 5.32 Å². The van der Waals surface area contributed by atoms with Crippen molar-refractivity contribution in [2.24, 2.45) is 0 Å². The molecule has 0 spiro atoms. The third-order valence-corrected chi connectivity index (χ3v) is 2.67. The Labute approximate surface area is 115 Å². The summed E-state index contributed by atoms with van der Waals surface area (Å²) in [7, 11) is 3.62. The maximum absolute atomic E-state index is 11.7. The zero-order valence-electron chi connectivity index (χ0n) is 12.5. The number of amides is 1. The van der Waals surface area contributed by atoms with E-state index in [0.717, 1.165) is 16.8 Å². The van der Waals surface area contributed by atoms with Crippen LogP contribution in [0.5, 0.6) is 5.75 Å². The van der Waals surface area contributed by atoms with Crippen LogP contribution in [0.3, 0.4) is 0 Å². The van der Waals surface area contributed by atoms with Gasteiger partial charge in [-0.1, -0.05) is 12.1 Å². The molecule has 0 unspecified atom stereocenters. The van der Waals surface area contributed by atoms with E-state index in [1.807, 2.05) is 53.7 Å². The number of ether oxygens (including phenoxy) is 2. The molecule has 1 N–H and O–H groups in total. The van der Waals surface area contributed by atoms with Gasteiger partial charge in [0.15, 0.2) is 0 Å². The van der Waals surface area contributed by atoms with Gasteiger partial charge in [0.05, 0.1) is 13.2 Å². The number of hydrogen-bond donors (Lipinski definition) is 1. The van der Waals surface area contributed by atoms with E-state index >= 15 is 0 Å². The van der Waals surface area contributed by atoms with Gasteiger partial charge in [-0.2, -0.15) is 0 Å². The van der Waals surface area contributed by atoms with Gasteiger partial charge in [-0.05, 0) is 44.8 Å². The summed E-state index contributed by atoms with van der Waals surface area (Å²) >= 11 is 0. The van der Waals surface area contributed by atoms with Crippen molar-refractivity contribution >= 4 is 19.4 Å². The molecule has 1 amide bonds. The first-order valence-electron chi connectivity index (χ1n) is 6.37. The molecule has 0 saturated carbocycles. The molecule has 0 bridgehead atoms. The van der Waals surface area contributed by atoms with Crippen LogP contribution in [0.4, 0.5) is 4.79 Å². The van der Waals surface area contributed by atoms with Crippen LogP contribution >= 0.6 is 0 Å². The molecule has 0 fully saturated rings. The SMILES string of the molecule is Bc1ccc([C@@H](C)NC(=O)OC(C)(C)C)cc1OC. The number of nitrogens with one attached hydrogen (secondary N) is 1. The molecule has 1 atom stereocenters. The molecule has 0 aliphatic carbocycles. The lowest BCUT2D eigenvalue weighted by Crippen LogP contribution is -2.34. The minimum Gasteiger partial charge on any atom is -0.497 e. The van der Waals surface area contributed by atoms with E-state index < -0.39 is 11.7 Å². The van der Waals surface area contributed by atoms with Crippen molar-refractivity contribution in [3.63, 3.8) is 0 Å². The number of rotatable bonds is 3. The normalized spacial score (nSPS) is 12.7. The van der Waals surface area contributed by atoms with Crippen molar-refractivity contribution in [2.45, 2.75) is 39.3 Å². The third kappa shape index (κ3) is 4.85. The summed E-state index contributed by atoms with van der Waals surface area (Å²) in [4.78, 5) is 11.7. The number of alkyl carbamates (subject to hydrolysis) is 1. The lowest BCUT2D eigenvalue weighted by Gasteiger charge is -2.22. The molecule has 0 radical (unpaired) electrons. The smallest absolute Gasteiger partial charge is 0.408 e. The lowest BCUT2D eigenvalue weighted by atomic mass is 9.92. The highest BCUT2D eigenvalue weighted by Crippen LogP contribution is 2.17. The summed E-state index contributed by atoms with van der Waals surface area (Å²) in [5.41, 5.74) is 1.55. The van der Waals surface area contributed by atoms with E-state index in [0.29, 0.717) is 0 Å². The first-order chi connectivity index (χ1) is 8.73. The van der Waals surface area contributed by atoms with Crippen LogP contribution < -0.4 is 15.5 Å². The van der Waals surface area contributed by atoms with Crippen molar-refractivity contribution in [2.75, 3.05) is 7.11 Å². The second-order valence-electron chi connectivity index (χ2n) is 5.60. The minimum atomic E-state index is -0.491. The van der Waals surface area contributed by atoms with Crippen LogP contribution in [-0.2, 0) is 4.74 Å². The van der Waals surface area contributed by atoms with Gasteiger partial charge in [-0.15, -0.1) is 0 Å². The summed E-state index contributed by atoms with van der Waals surface area (Å²) in [6, 6.07) is 5.74. The fraction of sp³-hybridized carbons (Fsp3) is 0.500. The van der Waals surface area contributed by atoms with Crippen molar-refractivity contribution < 1.29 is 14.3 Å². The lowest BCUT2D eigenvalue weighted by molar-refractivity contribution is 0.0508. The van der Waals surface area contributed by atoms with E-state index in [-0.39, 0.29) is 6.04 Å². The summed E-state index contributed by atoms with van der Waals surface area (Å²) in [5, 5.41) is 2.81. The zero-order valence-corrected chi connectivity index (χ0v) is 12.5. The summed E-state index contributed by atoms with van der Waals surface area (Å²) in [5.74, 6) is 0.815. The van der Waals surface area contributed by atoms with Gasteiger partial charge < -0.3 is 14.8 Å². The van der Waals surface area contributed by atoms with Crippen LogP contribution in [0.2, 0.25) is 0 Å². The highest BCUT2D eigenvalue weighted by molar-refractivity contribution is 6.34. The second kappa shape index (κ2) is 6.00. The number of hydrogen-bond acceptors (Lipinski definition) is 3. The van der Waals surface area contributed by atoms with Crippen molar-refractivity contribution in [1.29, 1.82) is 0 Å². The van der Waals surface area contributed by atoms with Crippen LogP contribution in [-0.4, -0.2) is 26.7 Å². The largest absolute Gasteiger partial charge is 0.497 e. The van der Waals surface area contributed by atoms with Gasteiger partial charge in [-0.3, -0.25) is 0 Å². The topological polar surface area (TPSA) is 47.6 Å². The zero-order chi connectivity index (χ0) is 14.6. The Balaban J connectivity index is 2.73. The van der Waals surface area contributed by atoms with Crippen LogP contribution in [0.25, 0.3) is 0 Å². The first-order valence-corrected chi connectivity index (χ1v) is 6.37. The average molecular weight is 263 g/mol. The second-order valence-corrected chi connectivity index (χ2v) is 5.60. The molecule has 0 aliphatic rings. The predicted molar refractivity (Wildman–Crippen MR) is 79.0 cm³/mol. The monoisotopic (exact) mass is 263 g/mol. The molecule has 0 saturated heterocycles. The van der Waals surface area contributed by atoms with Crippen molar-refractivity contribution in [1.82, 2.24) is 5.32 Å². The first kappa shape index (κ1) is 15.4. The Bertz CT molecular complexity index is 454. The highest BCUT2D eigenvalue weighted by Gasteiger charge is 2.18. The maximum Gasteiger partial charge on any atom is 0.408 e. The van der Waals surface area contributed by atoms with E-state index in [1.54, 1.807) is 7.11 Å². The molecule has 0 aromatic heterocycles. The number of carbonyl (C=O) groups is 1. The summed E-state index contributed by atoms with van der Waals surface area (Å²) < 4.78 is 10.5. The molecule has 19 heavy (non-hydrogen) atoms.